The topological polar surface area (TPSA) is 75.6 Å². The molecule has 1 fully saturated rings. The highest BCUT2D eigenvalue weighted by atomic mass is 16.5. The number of aryl methyl sites for hydroxylation is 3. The van der Waals surface area contributed by atoms with Crippen molar-refractivity contribution in [2.24, 2.45) is 0 Å². The van der Waals surface area contributed by atoms with Crippen LogP contribution in [0.1, 0.15) is 66.3 Å². The van der Waals surface area contributed by atoms with Gasteiger partial charge in [0.05, 0.1) is 11.6 Å². The van der Waals surface area contributed by atoms with Gasteiger partial charge in [-0.25, -0.2) is 0 Å². The Labute approximate surface area is 154 Å². The third kappa shape index (κ3) is 3.98. The van der Waals surface area contributed by atoms with E-state index >= 15 is 0 Å². The molecule has 1 saturated heterocycles. The van der Waals surface area contributed by atoms with E-state index in [-0.39, 0.29) is 11.9 Å². The van der Waals surface area contributed by atoms with E-state index in [9.17, 15) is 4.79 Å². The minimum Gasteiger partial charge on any atom is -0.466 e. The van der Waals surface area contributed by atoms with Crippen LogP contribution in [0.15, 0.2) is 15.0 Å². The third-order valence-electron chi connectivity index (χ3n) is 5.02. The summed E-state index contributed by atoms with van der Waals surface area (Å²) in [4.78, 5) is 21.4. The number of piperazine rings is 1. The van der Waals surface area contributed by atoms with Crippen molar-refractivity contribution in [2.45, 2.75) is 53.0 Å². The molecule has 7 nitrogen and oxygen atoms in total. The van der Waals surface area contributed by atoms with Crippen LogP contribution in [-0.4, -0.2) is 52.0 Å². The lowest BCUT2D eigenvalue weighted by atomic mass is 10.1. The van der Waals surface area contributed by atoms with E-state index in [0.29, 0.717) is 30.3 Å². The van der Waals surface area contributed by atoms with E-state index in [1.54, 1.807) is 0 Å². The number of unbranched alkanes of at least 4 members (excludes halogenated alkanes) is 1. The number of aromatic nitrogens is 2. The number of hydrogen-bond donors (Lipinski definition) is 0. The summed E-state index contributed by atoms with van der Waals surface area (Å²) in [6.45, 7) is 10.9. The molecule has 0 N–H and O–H groups in total. The largest absolute Gasteiger partial charge is 0.466 e. The van der Waals surface area contributed by atoms with Crippen molar-refractivity contribution < 1.29 is 13.7 Å². The van der Waals surface area contributed by atoms with Crippen LogP contribution in [0.25, 0.3) is 0 Å². The molecule has 0 aliphatic carbocycles. The van der Waals surface area contributed by atoms with Crippen LogP contribution >= 0.6 is 0 Å². The second kappa shape index (κ2) is 8.03. The lowest BCUT2D eigenvalue weighted by molar-refractivity contribution is 0.0550. The fraction of sp³-hybridized carbons (Fsp3) is 0.632. The van der Waals surface area contributed by atoms with Crippen molar-refractivity contribution in [3.8, 4) is 0 Å². The van der Waals surface area contributed by atoms with Gasteiger partial charge in [0.2, 0.25) is 5.89 Å². The second-order valence-corrected chi connectivity index (χ2v) is 6.98. The number of hydrogen-bond acceptors (Lipinski definition) is 6. The SMILES string of the molecule is CCCCc1noc(C(C)N2CCN(C(=O)c3cc(C)oc3C)CC2)n1. The van der Waals surface area contributed by atoms with Crippen molar-refractivity contribution in [3.05, 3.63) is 34.9 Å². The standard InChI is InChI=1S/C19H28N4O3/c1-5-6-7-17-20-18(26-21-17)14(3)22-8-10-23(11-9-22)19(24)16-12-13(2)25-15(16)4/h12,14H,5-11H2,1-4H3. The Hall–Kier alpha value is -2.15. The summed E-state index contributed by atoms with van der Waals surface area (Å²) in [7, 11) is 0. The van der Waals surface area contributed by atoms with Gasteiger partial charge < -0.3 is 13.8 Å². The van der Waals surface area contributed by atoms with Crippen molar-refractivity contribution >= 4 is 5.91 Å². The maximum absolute atomic E-state index is 12.7. The number of carbonyl (C=O) groups excluding carboxylic acids is 1. The Morgan fingerprint density at radius 2 is 2.00 bits per heavy atom. The summed E-state index contributed by atoms with van der Waals surface area (Å²) in [6.07, 6.45) is 3.05. The van der Waals surface area contributed by atoms with E-state index in [1.165, 1.54) is 0 Å². The van der Waals surface area contributed by atoms with Gasteiger partial charge in [-0.1, -0.05) is 18.5 Å². The summed E-state index contributed by atoms with van der Waals surface area (Å²) in [5.41, 5.74) is 0.668. The minimum absolute atomic E-state index is 0.0475. The maximum atomic E-state index is 12.7. The van der Waals surface area contributed by atoms with Gasteiger partial charge >= 0.3 is 0 Å². The summed E-state index contributed by atoms with van der Waals surface area (Å²) in [6, 6.07) is 1.89. The van der Waals surface area contributed by atoms with E-state index in [0.717, 1.165) is 43.9 Å². The number of amides is 1. The molecule has 142 valence electrons. The van der Waals surface area contributed by atoms with E-state index < -0.39 is 0 Å². The van der Waals surface area contributed by atoms with Gasteiger partial charge in [0.1, 0.15) is 11.5 Å². The smallest absolute Gasteiger partial charge is 0.257 e. The Morgan fingerprint density at radius 1 is 1.27 bits per heavy atom. The zero-order valence-electron chi connectivity index (χ0n) is 16.1. The molecule has 0 spiro atoms. The first-order chi connectivity index (χ1) is 12.5. The molecule has 0 aromatic carbocycles. The summed E-state index contributed by atoms with van der Waals surface area (Å²) in [5.74, 6) is 2.96. The Morgan fingerprint density at radius 3 is 2.62 bits per heavy atom. The summed E-state index contributed by atoms with van der Waals surface area (Å²) in [5, 5.41) is 4.08. The normalized spacial score (nSPS) is 16.8. The van der Waals surface area contributed by atoms with Crippen LogP contribution in [0, 0.1) is 13.8 Å². The number of nitrogens with zero attached hydrogens (tertiary/aromatic N) is 4. The predicted octanol–water partition coefficient (Wildman–Crippen LogP) is 3.14. The maximum Gasteiger partial charge on any atom is 0.257 e. The summed E-state index contributed by atoms with van der Waals surface area (Å²) >= 11 is 0. The van der Waals surface area contributed by atoms with E-state index in [1.807, 2.05) is 24.8 Å². The number of rotatable bonds is 6. The van der Waals surface area contributed by atoms with Crippen LogP contribution in [-0.2, 0) is 6.42 Å². The first-order valence-electron chi connectivity index (χ1n) is 9.42. The highest BCUT2D eigenvalue weighted by Gasteiger charge is 2.29. The number of carbonyl (C=O) groups is 1. The van der Waals surface area contributed by atoms with Crippen molar-refractivity contribution in [2.75, 3.05) is 26.2 Å². The minimum atomic E-state index is 0.0475. The van der Waals surface area contributed by atoms with Crippen LogP contribution in [0.5, 0.6) is 0 Å². The lowest BCUT2D eigenvalue weighted by Gasteiger charge is -2.36. The highest BCUT2D eigenvalue weighted by Crippen LogP contribution is 2.22. The molecule has 0 bridgehead atoms. The van der Waals surface area contributed by atoms with Crippen molar-refractivity contribution in [1.29, 1.82) is 0 Å². The van der Waals surface area contributed by atoms with Gasteiger partial charge in [0, 0.05) is 32.6 Å². The first-order valence-corrected chi connectivity index (χ1v) is 9.42. The zero-order chi connectivity index (χ0) is 18.7. The molecule has 2 aromatic rings. The molecule has 1 amide bonds. The van der Waals surface area contributed by atoms with Gasteiger partial charge in [-0.05, 0) is 33.3 Å². The Kier molecular flexibility index (Phi) is 5.76. The van der Waals surface area contributed by atoms with E-state index in [4.69, 9.17) is 8.94 Å². The van der Waals surface area contributed by atoms with Gasteiger partial charge in [-0.15, -0.1) is 0 Å². The monoisotopic (exact) mass is 360 g/mol. The average molecular weight is 360 g/mol. The van der Waals surface area contributed by atoms with Crippen molar-refractivity contribution in [3.63, 3.8) is 0 Å². The average Bonchev–Trinajstić information content (AvgIpc) is 3.25. The number of furan rings is 1. The van der Waals surface area contributed by atoms with Crippen LogP contribution in [0.3, 0.4) is 0 Å². The third-order valence-corrected chi connectivity index (χ3v) is 5.02. The van der Waals surface area contributed by atoms with Crippen LogP contribution in [0.4, 0.5) is 0 Å². The molecule has 0 radical (unpaired) electrons. The molecule has 0 saturated carbocycles. The molecule has 2 aromatic heterocycles. The molecule has 7 heteroatoms. The lowest BCUT2D eigenvalue weighted by Crippen LogP contribution is -2.49. The Balaban J connectivity index is 1.56. The van der Waals surface area contributed by atoms with Crippen molar-refractivity contribution in [1.82, 2.24) is 19.9 Å². The molecule has 1 aliphatic rings. The van der Waals surface area contributed by atoms with Gasteiger partial charge in [0.15, 0.2) is 5.82 Å². The Bertz CT molecular complexity index is 744. The first kappa shape index (κ1) is 18.6. The molecule has 1 aliphatic heterocycles. The van der Waals surface area contributed by atoms with Gasteiger partial charge in [0.25, 0.3) is 5.91 Å². The fourth-order valence-electron chi connectivity index (χ4n) is 3.36. The summed E-state index contributed by atoms with van der Waals surface area (Å²) < 4.78 is 10.9. The highest BCUT2D eigenvalue weighted by molar-refractivity contribution is 5.95. The van der Waals surface area contributed by atoms with Crippen LogP contribution in [0.2, 0.25) is 0 Å². The molecule has 3 heterocycles. The second-order valence-electron chi connectivity index (χ2n) is 6.98. The fourth-order valence-corrected chi connectivity index (χ4v) is 3.36. The van der Waals surface area contributed by atoms with E-state index in [2.05, 4.69) is 28.9 Å². The molecule has 1 unspecified atom stereocenters. The zero-order valence-corrected chi connectivity index (χ0v) is 16.1. The molecular weight excluding hydrogens is 332 g/mol. The van der Waals surface area contributed by atoms with Gasteiger partial charge in [-0.3, -0.25) is 9.69 Å². The predicted molar refractivity (Wildman–Crippen MR) is 97.0 cm³/mol. The van der Waals surface area contributed by atoms with Crippen LogP contribution < -0.4 is 0 Å². The molecule has 3 rings (SSSR count). The molecule has 26 heavy (non-hydrogen) atoms. The molecular formula is C19H28N4O3. The quantitative estimate of drug-likeness (QED) is 0.788. The molecule has 1 atom stereocenters. The van der Waals surface area contributed by atoms with Gasteiger partial charge in [-0.2, -0.15) is 4.98 Å².